The van der Waals surface area contributed by atoms with Crippen LogP contribution in [0.15, 0.2) is 0 Å². The summed E-state index contributed by atoms with van der Waals surface area (Å²) >= 11 is 0. The molecule has 0 spiro atoms. The van der Waals surface area contributed by atoms with Crippen molar-refractivity contribution in [3.05, 3.63) is 0 Å². The van der Waals surface area contributed by atoms with Crippen LogP contribution in [-0.4, -0.2) is 16.9 Å². The smallest absolute Gasteiger partial charge is 0.303 e. The Bertz CT molecular complexity index is 446. The molecule has 0 bridgehead atoms. The van der Waals surface area contributed by atoms with Crippen LogP contribution in [0.1, 0.15) is 181 Å². The number of Topliss-reactive ketones (excluding diaryl/α,β-unsaturated/α-hetero) is 1. The number of ketones is 1. The van der Waals surface area contributed by atoms with Crippen LogP contribution in [0.3, 0.4) is 0 Å². The van der Waals surface area contributed by atoms with Crippen molar-refractivity contribution in [1.82, 2.24) is 0 Å². The maximum atomic E-state index is 12.8. The van der Waals surface area contributed by atoms with Gasteiger partial charge in [0.2, 0.25) is 0 Å². The highest BCUT2D eigenvalue weighted by atomic mass is 16.4. The van der Waals surface area contributed by atoms with Gasteiger partial charge in [-0.05, 0) is 25.7 Å². The Kier molecular flexibility index (Phi) is 26.1. The van der Waals surface area contributed by atoms with E-state index in [1.807, 2.05) is 0 Å². The van der Waals surface area contributed by atoms with Crippen molar-refractivity contribution in [3.8, 4) is 0 Å². The Morgan fingerprint density at radius 2 is 0.824 bits per heavy atom. The number of carbonyl (C=O) groups excluding carboxylic acids is 1. The minimum atomic E-state index is -0.741. The predicted octanol–water partition coefficient (Wildman–Crippen LogP) is 10.4. The molecular formula is C31H60O3. The fourth-order valence-electron chi connectivity index (χ4n) is 5.01. The summed E-state index contributed by atoms with van der Waals surface area (Å²) in [5, 5.41) is 8.95. The molecule has 202 valence electrons. The minimum Gasteiger partial charge on any atom is -0.481 e. The quantitative estimate of drug-likeness (QED) is 0.113. The maximum absolute atomic E-state index is 12.8. The van der Waals surface area contributed by atoms with Crippen molar-refractivity contribution < 1.29 is 14.7 Å². The molecule has 0 aromatic heterocycles. The zero-order valence-electron chi connectivity index (χ0n) is 23.2. The van der Waals surface area contributed by atoms with Crippen molar-refractivity contribution in [3.63, 3.8) is 0 Å². The van der Waals surface area contributed by atoms with Crippen LogP contribution in [0.4, 0.5) is 0 Å². The molecule has 1 N–H and O–H groups in total. The molecule has 0 aliphatic heterocycles. The molecule has 0 fully saturated rings. The highest BCUT2D eigenvalue weighted by Gasteiger charge is 2.18. The molecule has 0 heterocycles. The second-order valence-corrected chi connectivity index (χ2v) is 10.7. The Labute approximate surface area is 213 Å². The molecule has 1 unspecified atom stereocenters. The van der Waals surface area contributed by atoms with Gasteiger partial charge in [-0.3, -0.25) is 9.59 Å². The van der Waals surface area contributed by atoms with Crippen molar-refractivity contribution in [2.24, 2.45) is 5.92 Å². The number of rotatable bonds is 28. The molecule has 3 nitrogen and oxygen atoms in total. The van der Waals surface area contributed by atoms with Crippen molar-refractivity contribution in [2.75, 3.05) is 0 Å². The highest BCUT2D eigenvalue weighted by Crippen LogP contribution is 2.22. The maximum Gasteiger partial charge on any atom is 0.303 e. The molecule has 0 saturated heterocycles. The lowest BCUT2D eigenvalue weighted by molar-refractivity contribution is -0.137. The zero-order valence-corrected chi connectivity index (χ0v) is 23.2. The van der Waals surface area contributed by atoms with Crippen LogP contribution in [0, 0.1) is 5.92 Å². The summed E-state index contributed by atoms with van der Waals surface area (Å²) in [7, 11) is 0. The third-order valence-electron chi connectivity index (χ3n) is 7.33. The third-order valence-corrected chi connectivity index (χ3v) is 7.33. The Morgan fingerprint density at radius 1 is 0.471 bits per heavy atom. The molecule has 0 aromatic carbocycles. The average molecular weight is 481 g/mol. The van der Waals surface area contributed by atoms with E-state index >= 15 is 0 Å². The molecule has 0 aromatic rings. The Morgan fingerprint density at radius 3 is 1.24 bits per heavy atom. The first-order valence-corrected chi connectivity index (χ1v) is 15.4. The fraction of sp³-hybridized carbons (Fsp3) is 0.935. The largest absolute Gasteiger partial charge is 0.481 e. The molecule has 0 aliphatic rings. The highest BCUT2D eigenvalue weighted by molar-refractivity contribution is 5.81. The van der Waals surface area contributed by atoms with Crippen LogP contribution in [0.2, 0.25) is 0 Å². The van der Waals surface area contributed by atoms with E-state index < -0.39 is 5.97 Å². The van der Waals surface area contributed by atoms with Gasteiger partial charge in [0.05, 0.1) is 0 Å². The van der Waals surface area contributed by atoms with E-state index in [1.165, 1.54) is 122 Å². The average Bonchev–Trinajstić information content (AvgIpc) is 2.82. The van der Waals surface area contributed by atoms with Gasteiger partial charge in [-0.1, -0.05) is 142 Å². The topological polar surface area (TPSA) is 54.4 Å². The summed E-state index contributed by atoms with van der Waals surface area (Å²) in [5.41, 5.74) is 0. The lowest BCUT2D eigenvalue weighted by Gasteiger charge is -2.15. The fourth-order valence-corrected chi connectivity index (χ4v) is 5.01. The number of carboxylic acid groups (broad SMARTS) is 1. The van der Waals surface area contributed by atoms with E-state index in [0.29, 0.717) is 18.6 Å². The molecule has 1 atom stereocenters. The van der Waals surface area contributed by atoms with Gasteiger partial charge >= 0.3 is 5.97 Å². The second kappa shape index (κ2) is 26.7. The standard InChI is InChI=1S/C31H60O3/c1-3-5-7-9-11-13-14-15-16-17-19-21-23-27-30(32)29(26-24-28-31(33)34)25-22-20-18-12-10-8-6-4-2/h29H,3-28H2,1-2H3,(H,33,34). The minimum absolute atomic E-state index is 0.0942. The van der Waals surface area contributed by atoms with E-state index in [9.17, 15) is 9.59 Å². The molecule has 34 heavy (non-hydrogen) atoms. The molecule has 0 aliphatic carbocycles. The van der Waals surface area contributed by atoms with Crippen molar-refractivity contribution in [2.45, 2.75) is 181 Å². The Balaban J connectivity index is 3.84. The van der Waals surface area contributed by atoms with E-state index in [1.54, 1.807) is 0 Å². The SMILES string of the molecule is CCCCCCCCCCCCCCCC(=O)C(CCCCCCCCCC)CCCC(=O)O. The summed E-state index contributed by atoms with van der Waals surface area (Å²) in [6, 6.07) is 0. The zero-order chi connectivity index (χ0) is 25.1. The van der Waals surface area contributed by atoms with Gasteiger partial charge in [-0.15, -0.1) is 0 Å². The van der Waals surface area contributed by atoms with Gasteiger partial charge in [0.25, 0.3) is 0 Å². The van der Waals surface area contributed by atoms with Gasteiger partial charge in [-0.25, -0.2) is 0 Å². The Hall–Kier alpha value is -0.860. The summed E-state index contributed by atoms with van der Waals surface area (Å²) in [5.74, 6) is -0.247. The van der Waals surface area contributed by atoms with Crippen LogP contribution < -0.4 is 0 Å². The number of carboxylic acids is 1. The summed E-state index contributed by atoms with van der Waals surface area (Å²) < 4.78 is 0. The molecular weight excluding hydrogens is 420 g/mol. The van der Waals surface area contributed by atoms with Crippen molar-refractivity contribution in [1.29, 1.82) is 0 Å². The van der Waals surface area contributed by atoms with Gasteiger partial charge in [-0.2, -0.15) is 0 Å². The molecule has 0 radical (unpaired) electrons. The lowest BCUT2D eigenvalue weighted by atomic mass is 9.88. The molecule has 0 amide bonds. The number of aliphatic carboxylic acids is 1. The third kappa shape index (κ3) is 24.3. The molecule has 0 rings (SSSR count). The summed E-state index contributed by atoms with van der Waals surface area (Å²) in [6.45, 7) is 4.52. The number of unbranched alkanes of at least 4 members (excludes halogenated alkanes) is 19. The first kappa shape index (κ1) is 33.1. The predicted molar refractivity (Wildman–Crippen MR) is 148 cm³/mol. The van der Waals surface area contributed by atoms with Crippen LogP contribution in [0.5, 0.6) is 0 Å². The normalized spacial score (nSPS) is 12.2. The van der Waals surface area contributed by atoms with Gasteiger partial charge in [0, 0.05) is 18.8 Å². The number of hydrogen-bond acceptors (Lipinski definition) is 2. The second-order valence-electron chi connectivity index (χ2n) is 10.7. The van der Waals surface area contributed by atoms with Crippen molar-refractivity contribution >= 4 is 11.8 Å². The summed E-state index contributed by atoms with van der Waals surface area (Å²) in [4.78, 5) is 23.7. The molecule has 0 saturated carbocycles. The van der Waals surface area contributed by atoms with Crippen LogP contribution in [0.25, 0.3) is 0 Å². The van der Waals surface area contributed by atoms with Gasteiger partial charge in [0.15, 0.2) is 0 Å². The van der Waals surface area contributed by atoms with Gasteiger partial charge in [0.1, 0.15) is 5.78 Å². The molecule has 3 heteroatoms. The van der Waals surface area contributed by atoms with E-state index in [2.05, 4.69) is 13.8 Å². The monoisotopic (exact) mass is 480 g/mol. The van der Waals surface area contributed by atoms with Gasteiger partial charge < -0.3 is 5.11 Å². The van der Waals surface area contributed by atoms with E-state index in [4.69, 9.17) is 5.11 Å². The van der Waals surface area contributed by atoms with E-state index in [-0.39, 0.29) is 12.3 Å². The summed E-state index contributed by atoms with van der Waals surface area (Å²) in [6.07, 6.45) is 30.7. The van der Waals surface area contributed by atoms with Crippen LogP contribution in [-0.2, 0) is 9.59 Å². The number of carbonyl (C=O) groups is 2. The first-order chi connectivity index (χ1) is 16.6. The first-order valence-electron chi connectivity index (χ1n) is 15.4. The van der Waals surface area contributed by atoms with E-state index in [0.717, 1.165) is 25.7 Å². The lowest BCUT2D eigenvalue weighted by Crippen LogP contribution is -2.15. The van der Waals surface area contributed by atoms with Crippen LogP contribution >= 0.6 is 0 Å². The number of hydrogen-bond donors (Lipinski definition) is 1.